The summed E-state index contributed by atoms with van der Waals surface area (Å²) in [5, 5.41) is 3.78. The van der Waals surface area contributed by atoms with Gasteiger partial charge in [0.05, 0.1) is 5.92 Å². The summed E-state index contributed by atoms with van der Waals surface area (Å²) in [6.45, 7) is 1.17. The van der Waals surface area contributed by atoms with Crippen LogP contribution in [0.1, 0.15) is 68.9 Å². The summed E-state index contributed by atoms with van der Waals surface area (Å²) in [5.74, 6) is 1.62. The fraction of sp³-hybridized carbons (Fsp3) is 0.696. The molecule has 4 nitrogen and oxygen atoms in total. The molecule has 0 unspecified atom stereocenters. The second-order valence-corrected chi connectivity index (χ2v) is 9.05. The molecule has 1 N–H and O–H groups in total. The van der Waals surface area contributed by atoms with Crippen molar-refractivity contribution in [1.82, 2.24) is 5.32 Å². The summed E-state index contributed by atoms with van der Waals surface area (Å²) in [6, 6.07) is 7.21. The van der Waals surface area contributed by atoms with Gasteiger partial charge >= 0.3 is 5.97 Å². The number of carbonyl (C=O) groups excluding carboxylic acids is 1. The maximum absolute atomic E-state index is 12.1. The monoisotopic (exact) mass is 369 g/mol. The average Bonchev–Trinajstić information content (AvgIpc) is 3.23. The van der Waals surface area contributed by atoms with E-state index in [0.717, 1.165) is 50.3 Å². The van der Waals surface area contributed by atoms with Crippen molar-refractivity contribution in [2.45, 2.75) is 75.7 Å². The molecule has 27 heavy (non-hydrogen) atoms. The lowest BCUT2D eigenvalue weighted by Gasteiger charge is -2.56. The Balaban J connectivity index is 1.31. The molecule has 0 radical (unpaired) electrons. The molecular weight excluding hydrogens is 338 g/mol. The van der Waals surface area contributed by atoms with Crippen molar-refractivity contribution in [1.29, 1.82) is 0 Å². The van der Waals surface area contributed by atoms with Crippen molar-refractivity contribution in [2.24, 2.45) is 11.8 Å². The second kappa shape index (κ2) is 7.12. The van der Waals surface area contributed by atoms with Gasteiger partial charge in [-0.2, -0.15) is 0 Å². The van der Waals surface area contributed by atoms with Crippen molar-refractivity contribution in [3.8, 4) is 5.75 Å². The van der Waals surface area contributed by atoms with Gasteiger partial charge in [-0.05, 0) is 74.2 Å². The maximum Gasteiger partial charge on any atom is 0.311 e. The molecule has 4 aliphatic rings. The quantitative estimate of drug-likeness (QED) is 0.641. The third kappa shape index (κ3) is 3.06. The first-order valence-corrected chi connectivity index (χ1v) is 10.9. The van der Waals surface area contributed by atoms with E-state index in [9.17, 15) is 4.79 Å². The van der Waals surface area contributed by atoms with Gasteiger partial charge in [0.2, 0.25) is 6.79 Å². The molecule has 1 heterocycles. The van der Waals surface area contributed by atoms with E-state index >= 15 is 0 Å². The lowest BCUT2D eigenvalue weighted by atomic mass is 9.53. The molecule has 0 amide bonds. The minimum absolute atomic E-state index is 0.0364. The third-order valence-electron chi connectivity index (χ3n) is 7.73. The Morgan fingerprint density at radius 1 is 1.11 bits per heavy atom. The van der Waals surface area contributed by atoms with Crippen LogP contribution in [-0.2, 0) is 21.4 Å². The van der Waals surface area contributed by atoms with Crippen molar-refractivity contribution in [2.75, 3.05) is 13.3 Å². The highest BCUT2D eigenvalue weighted by molar-refractivity contribution is 5.72. The molecule has 2 bridgehead atoms. The predicted molar refractivity (Wildman–Crippen MR) is 104 cm³/mol. The summed E-state index contributed by atoms with van der Waals surface area (Å²) in [6.07, 6.45) is 12.0. The lowest BCUT2D eigenvalue weighted by molar-refractivity contribution is -0.154. The van der Waals surface area contributed by atoms with Crippen LogP contribution >= 0.6 is 0 Å². The molecular formula is C23H31NO3. The highest BCUT2D eigenvalue weighted by atomic mass is 16.7. The Labute approximate surface area is 162 Å². The van der Waals surface area contributed by atoms with Crippen LogP contribution in [0.4, 0.5) is 0 Å². The summed E-state index contributed by atoms with van der Waals surface area (Å²) in [7, 11) is 0. The molecule has 146 valence electrons. The van der Waals surface area contributed by atoms with Gasteiger partial charge in [-0.15, -0.1) is 0 Å². The minimum Gasteiger partial charge on any atom is -0.457 e. The lowest BCUT2D eigenvalue weighted by Crippen LogP contribution is -2.59. The Hall–Kier alpha value is -1.55. The van der Waals surface area contributed by atoms with E-state index in [4.69, 9.17) is 9.47 Å². The number of nitrogens with one attached hydrogen (secondary N) is 1. The van der Waals surface area contributed by atoms with Gasteiger partial charge in [-0.25, -0.2) is 0 Å². The molecule has 1 aromatic carbocycles. The molecule has 3 fully saturated rings. The van der Waals surface area contributed by atoms with Crippen molar-refractivity contribution in [3.05, 3.63) is 29.3 Å². The molecule has 1 aliphatic heterocycles. The Kier molecular flexibility index (Phi) is 4.63. The number of rotatable bonds is 4. The van der Waals surface area contributed by atoms with Gasteiger partial charge < -0.3 is 14.8 Å². The molecule has 5 rings (SSSR count). The van der Waals surface area contributed by atoms with E-state index in [1.54, 1.807) is 0 Å². The average molecular weight is 370 g/mol. The first-order chi connectivity index (χ1) is 13.3. The van der Waals surface area contributed by atoms with Crippen LogP contribution in [0.2, 0.25) is 0 Å². The van der Waals surface area contributed by atoms with Gasteiger partial charge in [0.25, 0.3) is 0 Å². The summed E-state index contributed by atoms with van der Waals surface area (Å²) in [4.78, 5) is 12.1. The summed E-state index contributed by atoms with van der Waals surface area (Å²) >= 11 is 0. The summed E-state index contributed by atoms with van der Waals surface area (Å²) in [5.41, 5.74) is 3.34. The summed E-state index contributed by atoms with van der Waals surface area (Å²) < 4.78 is 11.2. The van der Waals surface area contributed by atoms with E-state index in [1.165, 1.54) is 43.2 Å². The van der Waals surface area contributed by atoms with Crippen LogP contribution in [0.5, 0.6) is 5.75 Å². The molecule has 2 saturated carbocycles. The maximum atomic E-state index is 12.1. The largest absolute Gasteiger partial charge is 0.457 e. The fourth-order valence-corrected chi connectivity index (χ4v) is 6.43. The topological polar surface area (TPSA) is 47.6 Å². The van der Waals surface area contributed by atoms with Gasteiger partial charge in [0.1, 0.15) is 5.75 Å². The van der Waals surface area contributed by atoms with Crippen LogP contribution < -0.4 is 10.1 Å². The highest BCUT2D eigenvalue weighted by Gasteiger charge is 2.51. The molecule has 1 aromatic rings. The third-order valence-corrected chi connectivity index (χ3v) is 7.73. The number of piperidine rings is 1. The van der Waals surface area contributed by atoms with Crippen LogP contribution in [0.3, 0.4) is 0 Å². The minimum atomic E-state index is -0.0856. The molecule has 3 atom stereocenters. The number of hydrogen-bond donors (Lipinski definition) is 1. The van der Waals surface area contributed by atoms with Crippen LogP contribution in [0.15, 0.2) is 18.2 Å². The van der Waals surface area contributed by atoms with E-state index in [2.05, 4.69) is 23.5 Å². The van der Waals surface area contributed by atoms with Crippen molar-refractivity contribution < 1.29 is 14.3 Å². The standard InChI is InChI=1S/C23H31NO3/c25-22(16-5-1-2-6-16)27-15-26-18-9-8-17-13-21-19-7-3-4-10-23(19,11-12-24-21)20(17)14-18/h8-9,14,16,19,21,24H,1-7,10-13,15H2/t19-,21+,23+/m0/s1. The SMILES string of the molecule is O=C(OCOc1ccc2c(c1)[C@@]13CCCC[C@H]1[C@@H](C2)NCC3)C1CCCC1. The smallest absolute Gasteiger partial charge is 0.311 e. The number of fused-ring (bicyclic) bond motifs is 1. The molecule has 4 heteroatoms. The zero-order valence-electron chi connectivity index (χ0n) is 16.2. The van der Waals surface area contributed by atoms with E-state index in [0.29, 0.717) is 11.5 Å². The van der Waals surface area contributed by atoms with Gasteiger partial charge in [-0.3, -0.25) is 4.79 Å². The first kappa shape index (κ1) is 17.5. The fourth-order valence-electron chi connectivity index (χ4n) is 6.43. The number of esters is 1. The Morgan fingerprint density at radius 2 is 1.96 bits per heavy atom. The number of carbonyl (C=O) groups is 1. The molecule has 1 saturated heterocycles. The zero-order valence-corrected chi connectivity index (χ0v) is 16.2. The molecule has 3 aliphatic carbocycles. The van der Waals surface area contributed by atoms with Crippen LogP contribution in [0, 0.1) is 11.8 Å². The van der Waals surface area contributed by atoms with E-state index in [-0.39, 0.29) is 18.7 Å². The van der Waals surface area contributed by atoms with E-state index < -0.39 is 0 Å². The van der Waals surface area contributed by atoms with Gasteiger partial charge in [-0.1, -0.05) is 31.7 Å². The molecule has 0 aromatic heterocycles. The van der Waals surface area contributed by atoms with Crippen LogP contribution in [0.25, 0.3) is 0 Å². The van der Waals surface area contributed by atoms with Gasteiger partial charge in [0, 0.05) is 11.5 Å². The van der Waals surface area contributed by atoms with Crippen LogP contribution in [-0.4, -0.2) is 25.3 Å². The van der Waals surface area contributed by atoms with Crippen molar-refractivity contribution in [3.63, 3.8) is 0 Å². The van der Waals surface area contributed by atoms with Crippen molar-refractivity contribution >= 4 is 5.97 Å². The highest BCUT2D eigenvalue weighted by Crippen LogP contribution is 2.54. The van der Waals surface area contributed by atoms with E-state index in [1.807, 2.05) is 0 Å². The first-order valence-electron chi connectivity index (χ1n) is 10.9. The van der Waals surface area contributed by atoms with Gasteiger partial charge in [0.15, 0.2) is 0 Å². The number of ether oxygens (including phenoxy) is 2. The normalized spacial score (nSPS) is 32.4. The Bertz CT molecular complexity index is 708. The zero-order chi connectivity index (χ0) is 18.3. The predicted octanol–water partition coefficient (Wildman–Crippen LogP) is 4.10. The second-order valence-electron chi connectivity index (χ2n) is 9.05. The number of benzene rings is 1. The molecule has 0 spiro atoms. The number of hydrogen-bond acceptors (Lipinski definition) is 4. The Morgan fingerprint density at radius 3 is 2.85 bits per heavy atom.